The van der Waals surface area contributed by atoms with Crippen LogP contribution in [0, 0.1) is 5.92 Å². The third-order valence-electron chi connectivity index (χ3n) is 5.92. The van der Waals surface area contributed by atoms with Gasteiger partial charge in [-0.1, -0.05) is 11.6 Å². The quantitative estimate of drug-likeness (QED) is 0.455. The van der Waals surface area contributed by atoms with E-state index in [1.165, 1.54) is 6.20 Å². The van der Waals surface area contributed by atoms with Gasteiger partial charge < -0.3 is 19.9 Å². The Labute approximate surface area is 198 Å². The van der Waals surface area contributed by atoms with Gasteiger partial charge in [0, 0.05) is 17.1 Å². The van der Waals surface area contributed by atoms with Crippen molar-refractivity contribution < 1.29 is 13.5 Å². The van der Waals surface area contributed by atoms with Crippen LogP contribution < -0.4 is 20.9 Å². The number of pyridine rings is 1. The molecule has 1 atom stereocenters. The van der Waals surface area contributed by atoms with Crippen LogP contribution in [0.2, 0.25) is 10.3 Å². The number of halogens is 4. The summed E-state index contributed by atoms with van der Waals surface area (Å²) < 4.78 is 36.8. The van der Waals surface area contributed by atoms with Crippen LogP contribution in [-0.2, 0) is 0 Å². The molecule has 7 nitrogen and oxygen atoms in total. The Hall–Kier alpha value is -2.65. The number of alkyl halides is 2. The number of aromatic nitrogens is 3. The number of nitrogens with one attached hydrogen (secondary N) is 2. The molecule has 11 heteroatoms. The van der Waals surface area contributed by atoms with Crippen molar-refractivity contribution in [2.24, 2.45) is 5.92 Å². The zero-order valence-corrected chi connectivity index (χ0v) is 19.3. The zero-order valence-electron chi connectivity index (χ0n) is 17.8. The number of fused-ring (bicyclic) bond motifs is 3. The number of ether oxygens (including phenoxy) is 1. The number of benzene rings is 1. The van der Waals surface area contributed by atoms with E-state index in [1.807, 2.05) is 13.8 Å². The molecule has 1 saturated carbocycles. The Bertz CT molecular complexity index is 1310. The number of hydrogen-bond acceptors (Lipinski definition) is 6. The van der Waals surface area contributed by atoms with Gasteiger partial charge in [0.15, 0.2) is 12.4 Å². The van der Waals surface area contributed by atoms with Crippen molar-refractivity contribution in [2.75, 3.05) is 17.2 Å². The fraction of sp³-hybridized carbons (Fsp3) is 0.409. The van der Waals surface area contributed by atoms with Crippen LogP contribution in [0.4, 0.5) is 26.0 Å². The molecular formula is C22H21Cl2F2N5O2. The van der Waals surface area contributed by atoms with Gasteiger partial charge in [0.05, 0.1) is 23.4 Å². The Balaban J connectivity index is 1.69. The van der Waals surface area contributed by atoms with Gasteiger partial charge >= 0.3 is 5.92 Å². The fourth-order valence-corrected chi connectivity index (χ4v) is 4.52. The van der Waals surface area contributed by atoms with Crippen LogP contribution in [0.25, 0.3) is 10.9 Å². The minimum absolute atomic E-state index is 0.0229. The minimum atomic E-state index is -3.11. The van der Waals surface area contributed by atoms with Gasteiger partial charge in [0.25, 0.3) is 5.56 Å². The molecule has 0 radical (unpaired) electrons. The summed E-state index contributed by atoms with van der Waals surface area (Å²) in [7, 11) is 0. The van der Waals surface area contributed by atoms with Crippen LogP contribution in [0.3, 0.4) is 0 Å². The van der Waals surface area contributed by atoms with E-state index in [-0.39, 0.29) is 33.7 Å². The second kappa shape index (κ2) is 7.99. The predicted octanol–water partition coefficient (Wildman–Crippen LogP) is 5.64. The van der Waals surface area contributed by atoms with Gasteiger partial charge in [0.2, 0.25) is 11.0 Å². The van der Waals surface area contributed by atoms with Crippen molar-refractivity contribution in [3.8, 4) is 5.75 Å². The SMILES string of the molecule is CC(C)n1c(=O)c2c(c3cc(Nc4nc(Cl)ncc4Cl)ccc31)NC(C1CC1)C(F)(F)CO2. The average Bonchev–Trinajstić information content (AvgIpc) is 3.58. The van der Waals surface area contributed by atoms with Crippen LogP contribution >= 0.6 is 23.2 Å². The zero-order chi connectivity index (χ0) is 23.5. The number of rotatable bonds is 4. The van der Waals surface area contributed by atoms with E-state index in [2.05, 4.69) is 20.6 Å². The first kappa shape index (κ1) is 22.2. The van der Waals surface area contributed by atoms with Gasteiger partial charge in [-0.05, 0) is 62.4 Å². The van der Waals surface area contributed by atoms with Crippen LogP contribution in [0.5, 0.6) is 5.75 Å². The maximum absolute atomic E-state index is 14.9. The summed E-state index contributed by atoms with van der Waals surface area (Å²) in [6, 6.07) is 3.94. The molecule has 0 spiro atoms. The first-order valence-corrected chi connectivity index (χ1v) is 11.4. The molecule has 0 bridgehead atoms. The van der Waals surface area contributed by atoms with Crippen molar-refractivity contribution in [3.63, 3.8) is 0 Å². The molecule has 2 aromatic heterocycles. The van der Waals surface area contributed by atoms with Gasteiger partial charge in [-0.3, -0.25) is 4.79 Å². The monoisotopic (exact) mass is 495 g/mol. The normalized spacial score (nSPS) is 19.5. The first-order valence-electron chi connectivity index (χ1n) is 10.6. The molecule has 1 aromatic carbocycles. The second-order valence-electron chi connectivity index (χ2n) is 8.67. The Morgan fingerprint density at radius 2 is 2.06 bits per heavy atom. The molecule has 174 valence electrons. The van der Waals surface area contributed by atoms with Crippen molar-refractivity contribution >= 4 is 51.3 Å². The molecule has 3 aromatic rings. The van der Waals surface area contributed by atoms with Crippen LogP contribution in [-0.4, -0.2) is 33.1 Å². The highest BCUT2D eigenvalue weighted by atomic mass is 35.5. The van der Waals surface area contributed by atoms with Gasteiger partial charge in [-0.15, -0.1) is 0 Å². The number of hydrogen-bond donors (Lipinski definition) is 2. The highest BCUT2D eigenvalue weighted by Crippen LogP contribution is 2.46. The fourth-order valence-electron chi connectivity index (χ4n) is 4.24. The van der Waals surface area contributed by atoms with Crippen LogP contribution in [0.15, 0.2) is 29.2 Å². The molecule has 1 unspecified atom stereocenters. The van der Waals surface area contributed by atoms with Crippen molar-refractivity contribution in [1.29, 1.82) is 0 Å². The first-order chi connectivity index (χ1) is 15.7. The average molecular weight is 496 g/mol. The largest absolute Gasteiger partial charge is 0.480 e. The summed E-state index contributed by atoms with van der Waals surface area (Å²) in [5.74, 6) is -3.08. The molecular weight excluding hydrogens is 475 g/mol. The van der Waals surface area contributed by atoms with E-state index in [9.17, 15) is 13.6 Å². The highest BCUT2D eigenvalue weighted by Gasteiger charge is 2.51. The van der Waals surface area contributed by atoms with Gasteiger partial charge in [-0.25, -0.2) is 13.8 Å². The third kappa shape index (κ3) is 3.97. The topological polar surface area (TPSA) is 81.1 Å². The summed E-state index contributed by atoms with van der Waals surface area (Å²) in [6.45, 7) is 2.86. The van der Waals surface area contributed by atoms with E-state index in [0.717, 1.165) is 0 Å². The molecule has 1 fully saturated rings. The van der Waals surface area contributed by atoms with Crippen molar-refractivity contribution in [3.05, 3.63) is 45.1 Å². The summed E-state index contributed by atoms with van der Waals surface area (Å²) in [4.78, 5) is 21.2. The molecule has 0 saturated heterocycles. The molecule has 1 aliphatic heterocycles. The van der Waals surface area contributed by atoms with Gasteiger partial charge in [-0.2, -0.15) is 4.98 Å². The standard InChI is InChI=1S/C22H21Cl2F2N5O2/c1-10(2)31-15-6-5-12(28-19-14(23)8-27-21(24)30-19)7-13(15)16-17(20(31)32)33-9-22(25,26)18(29-16)11-3-4-11/h5-8,10-11,18,29H,3-4,9H2,1-2H3,(H,27,28,30). The summed E-state index contributed by atoms with van der Waals surface area (Å²) in [5, 5.41) is 6.93. The minimum Gasteiger partial charge on any atom is -0.480 e. The third-order valence-corrected chi connectivity index (χ3v) is 6.38. The van der Waals surface area contributed by atoms with Crippen LogP contribution in [0.1, 0.15) is 32.7 Å². The maximum atomic E-state index is 14.9. The molecule has 2 N–H and O–H groups in total. The molecule has 5 rings (SSSR count). The lowest BCUT2D eigenvalue weighted by atomic mass is 10.0. The van der Waals surface area contributed by atoms with E-state index >= 15 is 0 Å². The molecule has 3 heterocycles. The van der Waals surface area contributed by atoms with E-state index in [4.69, 9.17) is 27.9 Å². The van der Waals surface area contributed by atoms with E-state index < -0.39 is 24.1 Å². The molecule has 1 aliphatic carbocycles. The lowest BCUT2D eigenvalue weighted by molar-refractivity contribution is -0.0579. The molecule has 33 heavy (non-hydrogen) atoms. The lowest BCUT2D eigenvalue weighted by Gasteiger charge is -2.25. The molecule has 2 aliphatic rings. The smallest absolute Gasteiger partial charge is 0.301 e. The van der Waals surface area contributed by atoms with Gasteiger partial charge in [0.1, 0.15) is 5.02 Å². The van der Waals surface area contributed by atoms with E-state index in [1.54, 1.807) is 22.8 Å². The summed E-state index contributed by atoms with van der Waals surface area (Å²) in [5.41, 5.74) is 1.01. The predicted molar refractivity (Wildman–Crippen MR) is 125 cm³/mol. The van der Waals surface area contributed by atoms with E-state index in [0.29, 0.717) is 35.2 Å². The Morgan fingerprint density at radius 3 is 2.76 bits per heavy atom. The maximum Gasteiger partial charge on any atom is 0.301 e. The molecule has 0 amide bonds. The second-order valence-corrected chi connectivity index (χ2v) is 9.42. The van der Waals surface area contributed by atoms with Crippen molar-refractivity contribution in [2.45, 2.75) is 44.7 Å². The lowest BCUT2D eigenvalue weighted by Crippen LogP contribution is -2.44. The Kier molecular flexibility index (Phi) is 5.36. The summed E-state index contributed by atoms with van der Waals surface area (Å²) >= 11 is 12.1. The number of anilines is 3. The summed E-state index contributed by atoms with van der Waals surface area (Å²) in [6.07, 6.45) is 2.80. The Morgan fingerprint density at radius 1 is 1.30 bits per heavy atom. The number of nitrogens with zero attached hydrogens (tertiary/aromatic N) is 3. The van der Waals surface area contributed by atoms with Crippen molar-refractivity contribution in [1.82, 2.24) is 14.5 Å². The highest BCUT2D eigenvalue weighted by molar-refractivity contribution is 6.33.